The van der Waals surface area contributed by atoms with Gasteiger partial charge in [0.2, 0.25) is 5.43 Å². The number of ether oxygens (including phenoxy) is 2. The van der Waals surface area contributed by atoms with Crippen molar-refractivity contribution >= 4 is 28.5 Å². The first kappa shape index (κ1) is 22.3. The van der Waals surface area contributed by atoms with E-state index in [0.29, 0.717) is 27.8 Å². The van der Waals surface area contributed by atoms with Gasteiger partial charge in [0.05, 0.1) is 10.9 Å². The van der Waals surface area contributed by atoms with Gasteiger partial charge < -0.3 is 19.6 Å². The maximum Gasteiger partial charge on any atom is 0.308 e. The van der Waals surface area contributed by atoms with Crippen LogP contribution in [0.2, 0.25) is 0 Å². The Morgan fingerprint density at radius 3 is 2.22 bits per heavy atom. The van der Waals surface area contributed by atoms with Crippen molar-refractivity contribution in [2.24, 2.45) is 5.73 Å². The molecule has 32 heavy (non-hydrogen) atoms. The van der Waals surface area contributed by atoms with Crippen molar-refractivity contribution in [3.05, 3.63) is 89.5 Å². The maximum atomic E-state index is 13.5. The average Bonchev–Trinajstić information content (AvgIpc) is 2.73. The molecule has 0 fully saturated rings. The maximum absolute atomic E-state index is 13.5. The molecule has 0 aliphatic rings. The summed E-state index contributed by atoms with van der Waals surface area (Å²) in [6.07, 6.45) is 6.10. The number of benzene rings is 2. The van der Waals surface area contributed by atoms with E-state index in [4.69, 9.17) is 19.6 Å². The van der Waals surface area contributed by atoms with Gasteiger partial charge in [0, 0.05) is 25.5 Å². The molecule has 2 aromatic carbocycles. The third-order valence-corrected chi connectivity index (χ3v) is 4.37. The minimum absolute atomic E-state index is 0.240. The van der Waals surface area contributed by atoms with Crippen LogP contribution in [0.3, 0.4) is 0 Å². The van der Waals surface area contributed by atoms with E-state index in [2.05, 4.69) is 6.58 Å². The van der Waals surface area contributed by atoms with Gasteiger partial charge in [0.15, 0.2) is 0 Å². The first-order chi connectivity index (χ1) is 15.3. The van der Waals surface area contributed by atoms with Crippen LogP contribution in [0.1, 0.15) is 19.6 Å². The second-order valence-electron chi connectivity index (χ2n) is 6.72. The van der Waals surface area contributed by atoms with Crippen molar-refractivity contribution in [1.29, 1.82) is 0 Å². The third kappa shape index (κ3) is 4.84. The number of esters is 2. The molecule has 0 bridgehead atoms. The van der Waals surface area contributed by atoms with E-state index in [1.165, 1.54) is 38.2 Å². The average molecular weight is 431 g/mol. The van der Waals surface area contributed by atoms with E-state index in [-0.39, 0.29) is 22.5 Å². The second-order valence-corrected chi connectivity index (χ2v) is 6.72. The summed E-state index contributed by atoms with van der Waals surface area (Å²) in [6.45, 7) is 6.29. The largest absolute Gasteiger partial charge is 0.455 e. The molecule has 0 spiro atoms. The van der Waals surface area contributed by atoms with Gasteiger partial charge in [-0.05, 0) is 42.1 Å². The summed E-state index contributed by atoms with van der Waals surface area (Å²) < 4.78 is 16.3. The number of allylic oxidation sites excluding steroid dienone is 4. The van der Waals surface area contributed by atoms with Crippen LogP contribution in [0.25, 0.3) is 27.7 Å². The zero-order valence-corrected chi connectivity index (χ0v) is 17.6. The van der Waals surface area contributed by atoms with Crippen LogP contribution in [-0.4, -0.2) is 11.9 Å². The fraction of sp³-hybridized carbons (Fsp3) is 0.0800. The molecule has 0 radical (unpaired) electrons. The molecule has 7 heteroatoms. The number of hydrogen-bond acceptors (Lipinski definition) is 7. The topological polar surface area (TPSA) is 109 Å². The highest BCUT2D eigenvalue weighted by atomic mass is 16.5. The highest BCUT2D eigenvalue weighted by Gasteiger charge is 2.19. The third-order valence-electron chi connectivity index (χ3n) is 4.37. The molecule has 0 aliphatic heterocycles. The van der Waals surface area contributed by atoms with Crippen molar-refractivity contribution in [2.45, 2.75) is 13.8 Å². The number of nitrogens with two attached hydrogens (primary N) is 1. The quantitative estimate of drug-likeness (QED) is 0.351. The fourth-order valence-corrected chi connectivity index (χ4v) is 3.16. The van der Waals surface area contributed by atoms with Crippen LogP contribution >= 0.6 is 0 Å². The summed E-state index contributed by atoms with van der Waals surface area (Å²) in [5, 5.41) is 0.304. The van der Waals surface area contributed by atoms with Gasteiger partial charge in [0.25, 0.3) is 0 Å². The molecule has 3 rings (SSSR count). The van der Waals surface area contributed by atoms with Crippen molar-refractivity contribution in [2.75, 3.05) is 0 Å². The van der Waals surface area contributed by atoms with Crippen LogP contribution in [0.15, 0.2) is 82.7 Å². The molecule has 0 saturated heterocycles. The molecule has 7 nitrogen and oxygen atoms in total. The molecule has 3 aromatic rings. The van der Waals surface area contributed by atoms with Crippen LogP contribution in [-0.2, 0) is 9.59 Å². The van der Waals surface area contributed by atoms with Crippen LogP contribution in [0.5, 0.6) is 11.5 Å². The molecule has 0 aliphatic carbocycles. The number of fused-ring (bicyclic) bond motifs is 1. The van der Waals surface area contributed by atoms with Crippen LogP contribution in [0, 0.1) is 0 Å². The Bertz CT molecular complexity index is 1310. The summed E-state index contributed by atoms with van der Waals surface area (Å²) in [4.78, 5) is 36.0. The molecule has 0 saturated carbocycles. The van der Waals surface area contributed by atoms with Crippen LogP contribution in [0.4, 0.5) is 0 Å². The highest BCUT2D eigenvalue weighted by molar-refractivity contribution is 5.90. The molecule has 1 aromatic heterocycles. The second kappa shape index (κ2) is 9.61. The Labute approximate surface area is 184 Å². The molecule has 0 amide bonds. The van der Waals surface area contributed by atoms with Crippen molar-refractivity contribution in [1.82, 2.24) is 0 Å². The summed E-state index contributed by atoms with van der Waals surface area (Å²) >= 11 is 0. The Hall–Kier alpha value is -4.39. The molecule has 162 valence electrons. The summed E-state index contributed by atoms with van der Waals surface area (Å²) in [5.41, 5.74) is 6.90. The molecular formula is C25H21NO6. The van der Waals surface area contributed by atoms with Crippen LogP contribution < -0.4 is 20.6 Å². The van der Waals surface area contributed by atoms with E-state index < -0.39 is 11.9 Å². The zero-order chi connectivity index (χ0) is 23.3. The Morgan fingerprint density at radius 1 is 1.00 bits per heavy atom. The Kier molecular flexibility index (Phi) is 6.70. The predicted octanol–water partition coefficient (Wildman–Crippen LogP) is 4.35. The van der Waals surface area contributed by atoms with E-state index in [1.54, 1.807) is 42.5 Å². The lowest BCUT2D eigenvalue weighted by atomic mass is 9.98. The Morgan fingerprint density at radius 2 is 1.62 bits per heavy atom. The lowest BCUT2D eigenvalue weighted by Gasteiger charge is -2.12. The molecular weight excluding hydrogens is 410 g/mol. The van der Waals surface area contributed by atoms with E-state index in [0.717, 1.165) is 0 Å². The smallest absolute Gasteiger partial charge is 0.308 e. The SMILES string of the molecule is C=C/C=C(\C=C/N)c1oc2cc(OC(C)=O)ccc2c(=O)c1-c1ccc(OC(C)=O)cc1. The fourth-order valence-electron chi connectivity index (χ4n) is 3.16. The van der Waals surface area contributed by atoms with Gasteiger partial charge in [-0.2, -0.15) is 0 Å². The van der Waals surface area contributed by atoms with E-state index >= 15 is 0 Å². The lowest BCUT2D eigenvalue weighted by Crippen LogP contribution is -2.10. The van der Waals surface area contributed by atoms with Crippen molar-refractivity contribution in [3.63, 3.8) is 0 Å². The monoisotopic (exact) mass is 431 g/mol. The minimum atomic E-state index is -0.491. The lowest BCUT2D eigenvalue weighted by molar-refractivity contribution is -0.132. The first-order valence-corrected chi connectivity index (χ1v) is 9.63. The zero-order valence-electron chi connectivity index (χ0n) is 17.6. The standard InChI is InChI=1S/C25H21NO6/c1-4-5-18(12-13-26)25-23(17-6-8-19(9-7-17)30-15(2)27)24(29)21-11-10-20(31-16(3)28)14-22(21)32-25/h4-14H,1,26H2,2-3H3/b13-12-,18-5+. The number of rotatable bonds is 6. The van der Waals surface area contributed by atoms with Crippen molar-refractivity contribution in [3.8, 4) is 22.6 Å². The normalized spacial score (nSPS) is 11.5. The van der Waals surface area contributed by atoms with Gasteiger partial charge in [-0.1, -0.05) is 30.9 Å². The number of carbonyl (C=O) groups excluding carboxylic acids is 2. The van der Waals surface area contributed by atoms with E-state index in [1.807, 2.05) is 0 Å². The van der Waals surface area contributed by atoms with Gasteiger partial charge in [-0.3, -0.25) is 14.4 Å². The minimum Gasteiger partial charge on any atom is -0.455 e. The molecule has 0 atom stereocenters. The predicted molar refractivity (Wildman–Crippen MR) is 122 cm³/mol. The van der Waals surface area contributed by atoms with Gasteiger partial charge >= 0.3 is 11.9 Å². The molecule has 0 unspecified atom stereocenters. The summed E-state index contributed by atoms with van der Waals surface area (Å²) in [5.74, 6) is -0.0838. The highest BCUT2D eigenvalue weighted by Crippen LogP contribution is 2.32. The van der Waals surface area contributed by atoms with Gasteiger partial charge in [-0.25, -0.2) is 0 Å². The van der Waals surface area contributed by atoms with Gasteiger partial charge in [-0.15, -0.1) is 0 Å². The number of carbonyl (C=O) groups is 2. The van der Waals surface area contributed by atoms with Gasteiger partial charge in [0.1, 0.15) is 22.8 Å². The number of hydrogen-bond donors (Lipinski definition) is 1. The Balaban J connectivity index is 2.30. The molecule has 2 N–H and O–H groups in total. The summed E-state index contributed by atoms with van der Waals surface area (Å²) in [6, 6.07) is 11.0. The first-order valence-electron chi connectivity index (χ1n) is 9.63. The summed E-state index contributed by atoms with van der Waals surface area (Å²) in [7, 11) is 0. The molecule has 1 heterocycles. The van der Waals surface area contributed by atoms with Crippen molar-refractivity contribution < 1.29 is 23.5 Å². The van der Waals surface area contributed by atoms with E-state index in [9.17, 15) is 14.4 Å².